The van der Waals surface area contributed by atoms with E-state index in [0.29, 0.717) is 6.54 Å². The highest BCUT2D eigenvalue weighted by atomic mass is 32.1. The third-order valence-corrected chi connectivity index (χ3v) is 4.44. The lowest BCUT2D eigenvalue weighted by Gasteiger charge is -2.32. The first kappa shape index (κ1) is 15.0. The number of carbonyl (C=O) groups is 1. The molecule has 1 saturated heterocycles. The number of anilines is 1. The van der Waals surface area contributed by atoms with Crippen LogP contribution in [0, 0.1) is 0 Å². The van der Waals surface area contributed by atoms with Crippen LogP contribution >= 0.6 is 11.3 Å². The largest absolute Gasteiger partial charge is 0.375 e. The predicted molar refractivity (Wildman–Crippen MR) is 87.4 cm³/mol. The van der Waals surface area contributed by atoms with Crippen molar-refractivity contribution in [2.24, 2.45) is 0 Å². The average molecular weight is 317 g/mol. The van der Waals surface area contributed by atoms with Gasteiger partial charge in [0.05, 0.1) is 17.6 Å². The second-order valence-electron chi connectivity index (χ2n) is 5.31. The number of nitrogens with zero attached hydrogens (tertiary/aromatic N) is 2. The van der Waals surface area contributed by atoms with Crippen LogP contribution in [-0.2, 0) is 11.3 Å². The molecule has 0 radical (unpaired) electrons. The minimum Gasteiger partial charge on any atom is -0.375 e. The number of thiophene rings is 1. The molecule has 2 aromatic heterocycles. The summed E-state index contributed by atoms with van der Waals surface area (Å²) in [5, 5.41) is 4.80. The summed E-state index contributed by atoms with van der Waals surface area (Å²) < 4.78 is 5.54. The van der Waals surface area contributed by atoms with Gasteiger partial charge in [-0.1, -0.05) is 12.1 Å². The SMILES string of the molecule is CC1CN(c2ccc(CNC(=O)c3cccs3)cn2)CCO1. The molecule has 0 spiro atoms. The maximum atomic E-state index is 11.9. The molecule has 1 aliphatic rings. The van der Waals surface area contributed by atoms with Crippen molar-refractivity contribution in [2.75, 3.05) is 24.6 Å². The van der Waals surface area contributed by atoms with Gasteiger partial charge in [0, 0.05) is 25.8 Å². The van der Waals surface area contributed by atoms with E-state index in [9.17, 15) is 4.79 Å². The molecule has 1 N–H and O–H groups in total. The fourth-order valence-corrected chi connectivity index (χ4v) is 3.05. The van der Waals surface area contributed by atoms with Gasteiger partial charge >= 0.3 is 0 Å². The number of hydrogen-bond donors (Lipinski definition) is 1. The first-order valence-electron chi connectivity index (χ1n) is 7.35. The number of pyridine rings is 1. The van der Waals surface area contributed by atoms with Crippen molar-refractivity contribution in [1.29, 1.82) is 0 Å². The Kier molecular flexibility index (Phi) is 4.70. The minimum absolute atomic E-state index is 0.0407. The van der Waals surface area contributed by atoms with Crippen LogP contribution in [0.5, 0.6) is 0 Å². The van der Waals surface area contributed by atoms with Crippen LogP contribution in [0.2, 0.25) is 0 Å². The Balaban J connectivity index is 1.56. The van der Waals surface area contributed by atoms with E-state index in [1.54, 1.807) is 0 Å². The summed E-state index contributed by atoms with van der Waals surface area (Å²) in [6.45, 7) is 5.03. The van der Waals surface area contributed by atoms with Crippen molar-refractivity contribution in [3.63, 3.8) is 0 Å². The van der Waals surface area contributed by atoms with Gasteiger partial charge in [0.1, 0.15) is 5.82 Å². The molecular formula is C16H19N3O2S. The van der Waals surface area contributed by atoms with Gasteiger partial charge in [0.25, 0.3) is 5.91 Å². The van der Waals surface area contributed by atoms with Gasteiger partial charge in [-0.2, -0.15) is 0 Å². The van der Waals surface area contributed by atoms with Crippen molar-refractivity contribution >= 4 is 23.1 Å². The van der Waals surface area contributed by atoms with E-state index in [0.717, 1.165) is 36.0 Å². The quantitative estimate of drug-likeness (QED) is 0.940. The molecule has 6 heteroatoms. The molecule has 0 saturated carbocycles. The average Bonchev–Trinajstić information content (AvgIpc) is 3.08. The van der Waals surface area contributed by atoms with E-state index >= 15 is 0 Å². The summed E-state index contributed by atoms with van der Waals surface area (Å²) in [6.07, 6.45) is 2.06. The highest BCUT2D eigenvalue weighted by Crippen LogP contribution is 2.15. The third-order valence-electron chi connectivity index (χ3n) is 3.57. The van der Waals surface area contributed by atoms with Gasteiger partial charge in [-0.25, -0.2) is 4.98 Å². The third kappa shape index (κ3) is 3.64. The molecule has 1 fully saturated rings. The Hall–Kier alpha value is -1.92. The van der Waals surface area contributed by atoms with E-state index in [1.165, 1.54) is 11.3 Å². The van der Waals surface area contributed by atoms with Crippen molar-refractivity contribution in [3.8, 4) is 0 Å². The molecule has 116 valence electrons. The second-order valence-corrected chi connectivity index (χ2v) is 6.26. The molecule has 3 heterocycles. The lowest BCUT2D eigenvalue weighted by molar-refractivity contribution is 0.0529. The highest BCUT2D eigenvalue weighted by molar-refractivity contribution is 7.12. The van der Waals surface area contributed by atoms with E-state index in [-0.39, 0.29) is 12.0 Å². The zero-order valence-electron chi connectivity index (χ0n) is 12.5. The summed E-state index contributed by atoms with van der Waals surface area (Å²) in [6, 6.07) is 7.71. The smallest absolute Gasteiger partial charge is 0.261 e. The fraction of sp³-hybridized carbons (Fsp3) is 0.375. The van der Waals surface area contributed by atoms with Crippen LogP contribution in [-0.4, -0.2) is 36.7 Å². The Labute approximate surface area is 133 Å². The molecule has 5 nitrogen and oxygen atoms in total. The molecule has 1 aliphatic heterocycles. The predicted octanol–water partition coefficient (Wildman–Crippen LogP) is 2.30. The molecule has 1 unspecified atom stereocenters. The molecule has 1 amide bonds. The summed E-state index contributed by atoms with van der Waals surface area (Å²) >= 11 is 1.44. The van der Waals surface area contributed by atoms with E-state index < -0.39 is 0 Å². The number of aromatic nitrogens is 1. The Morgan fingerprint density at radius 2 is 2.41 bits per heavy atom. The summed E-state index contributed by atoms with van der Waals surface area (Å²) in [5.41, 5.74) is 0.995. The Bertz CT molecular complexity index is 613. The summed E-state index contributed by atoms with van der Waals surface area (Å²) in [7, 11) is 0. The second kappa shape index (κ2) is 6.89. The zero-order chi connectivity index (χ0) is 15.4. The number of hydrogen-bond acceptors (Lipinski definition) is 5. The van der Waals surface area contributed by atoms with Gasteiger partial charge in [0.15, 0.2) is 0 Å². The molecule has 1 atom stereocenters. The number of amides is 1. The van der Waals surface area contributed by atoms with Crippen molar-refractivity contribution in [2.45, 2.75) is 19.6 Å². The van der Waals surface area contributed by atoms with Crippen molar-refractivity contribution < 1.29 is 9.53 Å². The van der Waals surface area contributed by atoms with Crippen LogP contribution in [0.3, 0.4) is 0 Å². The van der Waals surface area contributed by atoms with Crippen molar-refractivity contribution in [3.05, 3.63) is 46.3 Å². The lowest BCUT2D eigenvalue weighted by atomic mass is 10.2. The lowest BCUT2D eigenvalue weighted by Crippen LogP contribution is -2.41. The Morgan fingerprint density at radius 3 is 3.09 bits per heavy atom. The summed E-state index contributed by atoms with van der Waals surface area (Å²) in [4.78, 5) is 19.3. The molecule has 0 aromatic carbocycles. The maximum Gasteiger partial charge on any atom is 0.261 e. The standard InChI is InChI=1S/C16H19N3O2S/c1-12-11-19(6-7-21-12)15-5-4-13(9-17-15)10-18-16(20)14-3-2-8-22-14/h2-5,8-9,12H,6-7,10-11H2,1H3,(H,18,20). The van der Waals surface area contributed by atoms with E-state index in [2.05, 4.69) is 22.1 Å². The van der Waals surface area contributed by atoms with E-state index in [1.807, 2.05) is 35.8 Å². The molecule has 0 bridgehead atoms. The van der Waals surface area contributed by atoms with Crippen LogP contribution in [0.25, 0.3) is 0 Å². The van der Waals surface area contributed by atoms with Crippen molar-refractivity contribution in [1.82, 2.24) is 10.3 Å². The number of ether oxygens (including phenoxy) is 1. The van der Waals surface area contributed by atoms with Gasteiger partial charge in [-0.05, 0) is 30.0 Å². The number of rotatable bonds is 4. The monoisotopic (exact) mass is 317 g/mol. The molecule has 3 rings (SSSR count). The minimum atomic E-state index is -0.0407. The highest BCUT2D eigenvalue weighted by Gasteiger charge is 2.17. The van der Waals surface area contributed by atoms with E-state index in [4.69, 9.17) is 4.74 Å². The number of morpholine rings is 1. The molecular weight excluding hydrogens is 298 g/mol. The maximum absolute atomic E-state index is 11.9. The van der Waals surface area contributed by atoms with Crippen LogP contribution in [0.1, 0.15) is 22.2 Å². The van der Waals surface area contributed by atoms with Crippen LogP contribution in [0.4, 0.5) is 5.82 Å². The Morgan fingerprint density at radius 1 is 1.50 bits per heavy atom. The summed E-state index contributed by atoms with van der Waals surface area (Å²) in [5.74, 6) is 0.921. The van der Waals surface area contributed by atoms with Gasteiger partial charge in [0.2, 0.25) is 0 Å². The number of nitrogens with one attached hydrogen (secondary N) is 1. The van der Waals surface area contributed by atoms with Crippen LogP contribution < -0.4 is 10.2 Å². The first-order chi connectivity index (χ1) is 10.7. The van der Waals surface area contributed by atoms with Gasteiger partial charge < -0.3 is 15.0 Å². The number of carbonyl (C=O) groups excluding carboxylic acids is 1. The normalized spacial score (nSPS) is 18.2. The molecule has 22 heavy (non-hydrogen) atoms. The fourth-order valence-electron chi connectivity index (χ4n) is 2.41. The molecule has 2 aromatic rings. The van der Waals surface area contributed by atoms with Gasteiger partial charge in [-0.15, -0.1) is 11.3 Å². The topological polar surface area (TPSA) is 54.5 Å². The zero-order valence-corrected chi connectivity index (χ0v) is 13.3. The molecule has 0 aliphatic carbocycles. The van der Waals surface area contributed by atoms with Gasteiger partial charge in [-0.3, -0.25) is 4.79 Å². The van der Waals surface area contributed by atoms with Crippen LogP contribution in [0.15, 0.2) is 35.8 Å². The first-order valence-corrected chi connectivity index (χ1v) is 8.23.